The van der Waals surface area contributed by atoms with Gasteiger partial charge in [-0.2, -0.15) is 5.10 Å². The largest absolute Gasteiger partial charge is 0.321 e. The van der Waals surface area contributed by atoms with Crippen LogP contribution in [0.4, 0.5) is 0 Å². The van der Waals surface area contributed by atoms with Crippen molar-refractivity contribution in [1.82, 2.24) is 19.7 Å². The molecule has 1 amide bonds. The summed E-state index contributed by atoms with van der Waals surface area (Å²) in [6, 6.07) is 24.1. The Bertz CT molecular complexity index is 1150. The number of pyridine rings is 1. The van der Waals surface area contributed by atoms with E-state index in [2.05, 4.69) is 23.3 Å². The standard InChI is InChI=1S/C24H20N4OS/c29-22-17-30-24(27(22)15-18-7-3-1-4-8-18)21-16-28(20-9-5-2-6-10-20)26-23(21)19-11-13-25-14-12-19/h1-14,16,24H,15,17H2/t24-/m0/s1. The molecule has 0 spiro atoms. The third-order valence-electron chi connectivity index (χ3n) is 5.15. The number of amides is 1. The smallest absolute Gasteiger partial charge is 0.234 e. The van der Waals surface area contributed by atoms with Crippen LogP contribution in [0.3, 0.4) is 0 Å². The highest BCUT2D eigenvalue weighted by Crippen LogP contribution is 2.43. The summed E-state index contributed by atoms with van der Waals surface area (Å²) in [7, 11) is 0. The molecule has 0 N–H and O–H groups in total. The Kier molecular flexibility index (Phi) is 5.07. The van der Waals surface area contributed by atoms with Crippen molar-refractivity contribution >= 4 is 17.7 Å². The van der Waals surface area contributed by atoms with E-state index in [0.29, 0.717) is 12.3 Å². The van der Waals surface area contributed by atoms with E-state index in [1.807, 2.05) is 70.2 Å². The highest BCUT2D eigenvalue weighted by Gasteiger charge is 2.35. The first kappa shape index (κ1) is 18.6. The van der Waals surface area contributed by atoms with E-state index in [1.165, 1.54) is 0 Å². The molecule has 1 aliphatic heterocycles. The van der Waals surface area contributed by atoms with Crippen LogP contribution in [0.15, 0.2) is 91.4 Å². The summed E-state index contributed by atoms with van der Waals surface area (Å²) in [5.74, 6) is 0.631. The van der Waals surface area contributed by atoms with Crippen LogP contribution < -0.4 is 0 Å². The Morgan fingerprint density at radius 1 is 0.933 bits per heavy atom. The average Bonchev–Trinajstić information content (AvgIpc) is 3.40. The van der Waals surface area contributed by atoms with Gasteiger partial charge < -0.3 is 4.90 Å². The molecule has 3 heterocycles. The molecule has 30 heavy (non-hydrogen) atoms. The second-order valence-electron chi connectivity index (χ2n) is 7.12. The molecule has 5 nitrogen and oxygen atoms in total. The summed E-state index contributed by atoms with van der Waals surface area (Å²) in [4.78, 5) is 18.9. The summed E-state index contributed by atoms with van der Waals surface area (Å²) in [5.41, 5.74) is 5.03. The molecule has 4 aromatic rings. The van der Waals surface area contributed by atoms with E-state index in [4.69, 9.17) is 5.10 Å². The molecule has 6 heteroatoms. The lowest BCUT2D eigenvalue weighted by molar-refractivity contribution is -0.128. The van der Waals surface area contributed by atoms with Crippen LogP contribution in [0.2, 0.25) is 0 Å². The minimum absolute atomic E-state index is 0.0849. The van der Waals surface area contributed by atoms with Crippen LogP contribution in [-0.2, 0) is 11.3 Å². The third-order valence-corrected chi connectivity index (χ3v) is 6.38. The molecule has 2 aromatic heterocycles. The minimum atomic E-state index is -0.0849. The number of para-hydroxylation sites is 1. The SMILES string of the molecule is O=C1CS[C@@H](c2cn(-c3ccccc3)nc2-c2ccncc2)N1Cc1ccccc1. The van der Waals surface area contributed by atoms with Crippen LogP contribution in [0.25, 0.3) is 16.9 Å². The van der Waals surface area contributed by atoms with E-state index in [0.717, 1.165) is 28.1 Å². The second kappa shape index (κ2) is 8.16. The molecule has 0 bridgehead atoms. The first-order valence-corrected chi connectivity index (χ1v) is 10.8. The minimum Gasteiger partial charge on any atom is -0.321 e. The van der Waals surface area contributed by atoms with Gasteiger partial charge in [0.15, 0.2) is 0 Å². The van der Waals surface area contributed by atoms with Crippen LogP contribution in [0.5, 0.6) is 0 Å². The van der Waals surface area contributed by atoms with Crippen LogP contribution in [0.1, 0.15) is 16.5 Å². The molecule has 5 rings (SSSR count). The van der Waals surface area contributed by atoms with Crippen LogP contribution in [0, 0.1) is 0 Å². The van der Waals surface area contributed by atoms with Crippen molar-refractivity contribution in [3.63, 3.8) is 0 Å². The molecule has 0 radical (unpaired) electrons. The first-order valence-electron chi connectivity index (χ1n) is 9.80. The fraction of sp³-hybridized carbons (Fsp3) is 0.125. The Labute approximate surface area is 179 Å². The van der Waals surface area contributed by atoms with Crippen molar-refractivity contribution in [2.45, 2.75) is 11.9 Å². The normalized spacial score (nSPS) is 16.2. The zero-order valence-corrected chi connectivity index (χ0v) is 17.1. The molecule has 1 atom stereocenters. The number of carbonyl (C=O) groups is 1. The van der Waals surface area contributed by atoms with Crippen molar-refractivity contribution in [3.05, 3.63) is 103 Å². The Morgan fingerprint density at radius 3 is 2.37 bits per heavy atom. The third kappa shape index (κ3) is 3.62. The molecule has 0 aliphatic carbocycles. The van der Waals surface area contributed by atoms with Gasteiger partial charge in [0, 0.05) is 36.3 Å². The van der Waals surface area contributed by atoms with Crippen LogP contribution in [-0.4, -0.2) is 31.3 Å². The number of nitrogens with zero attached hydrogens (tertiary/aromatic N) is 4. The summed E-state index contributed by atoms with van der Waals surface area (Å²) in [6.45, 7) is 0.587. The Hall–Kier alpha value is -3.38. The topological polar surface area (TPSA) is 51.0 Å². The van der Waals surface area contributed by atoms with Gasteiger partial charge in [0.1, 0.15) is 5.37 Å². The number of benzene rings is 2. The van der Waals surface area contributed by atoms with Gasteiger partial charge in [0.05, 0.1) is 17.1 Å². The molecular weight excluding hydrogens is 392 g/mol. The van der Waals surface area contributed by atoms with E-state index in [9.17, 15) is 4.79 Å². The van der Waals surface area contributed by atoms with Crippen molar-refractivity contribution in [2.24, 2.45) is 0 Å². The zero-order valence-electron chi connectivity index (χ0n) is 16.3. The molecule has 1 aliphatic rings. The van der Waals surface area contributed by atoms with Gasteiger partial charge in [-0.1, -0.05) is 48.5 Å². The lowest BCUT2D eigenvalue weighted by atomic mass is 10.1. The van der Waals surface area contributed by atoms with Crippen molar-refractivity contribution in [2.75, 3.05) is 5.75 Å². The number of carbonyl (C=O) groups excluding carboxylic acids is 1. The predicted octanol–water partition coefficient (Wildman–Crippen LogP) is 4.71. The first-order chi connectivity index (χ1) is 14.8. The number of hydrogen-bond acceptors (Lipinski definition) is 4. The Morgan fingerprint density at radius 2 is 1.63 bits per heavy atom. The highest BCUT2D eigenvalue weighted by atomic mass is 32.2. The highest BCUT2D eigenvalue weighted by molar-refractivity contribution is 8.00. The molecule has 2 aromatic carbocycles. The summed E-state index contributed by atoms with van der Waals surface area (Å²) in [5, 5.41) is 4.81. The van der Waals surface area contributed by atoms with Gasteiger partial charge >= 0.3 is 0 Å². The maximum atomic E-state index is 12.8. The van der Waals surface area contributed by atoms with Crippen LogP contribution >= 0.6 is 11.8 Å². The van der Waals surface area contributed by atoms with Gasteiger partial charge in [-0.25, -0.2) is 4.68 Å². The zero-order chi connectivity index (χ0) is 20.3. The van der Waals surface area contributed by atoms with E-state index in [1.54, 1.807) is 24.2 Å². The van der Waals surface area contributed by atoms with Crippen molar-refractivity contribution in [1.29, 1.82) is 0 Å². The van der Waals surface area contributed by atoms with Crippen molar-refractivity contribution < 1.29 is 4.79 Å². The summed E-state index contributed by atoms with van der Waals surface area (Å²) < 4.78 is 1.90. The molecule has 0 unspecified atom stereocenters. The number of rotatable bonds is 5. The molecule has 0 saturated carbocycles. The van der Waals surface area contributed by atoms with E-state index >= 15 is 0 Å². The molecule has 1 fully saturated rings. The maximum absolute atomic E-state index is 12.8. The maximum Gasteiger partial charge on any atom is 0.234 e. The van der Waals surface area contributed by atoms with Gasteiger partial charge in [0.25, 0.3) is 0 Å². The quantitative estimate of drug-likeness (QED) is 0.476. The number of hydrogen-bond donors (Lipinski definition) is 0. The fourth-order valence-corrected chi connectivity index (χ4v) is 4.87. The monoisotopic (exact) mass is 412 g/mol. The summed E-state index contributed by atoms with van der Waals surface area (Å²) in [6.07, 6.45) is 5.60. The lowest BCUT2D eigenvalue weighted by Crippen LogP contribution is -2.27. The number of thioether (sulfide) groups is 1. The van der Waals surface area contributed by atoms with Gasteiger partial charge in [-0.05, 0) is 29.8 Å². The van der Waals surface area contributed by atoms with Gasteiger partial charge in [-0.3, -0.25) is 9.78 Å². The Balaban J connectivity index is 1.58. The lowest BCUT2D eigenvalue weighted by Gasteiger charge is -2.24. The fourth-order valence-electron chi connectivity index (χ4n) is 3.68. The predicted molar refractivity (Wildman–Crippen MR) is 119 cm³/mol. The van der Waals surface area contributed by atoms with E-state index in [-0.39, 0.29) is 11.3 Å². The van der Waals surface area contributed by atoms with Gasteiger partial charge in [0.2, 0.25) is 5.91 Å². The number of aromatic nitrogens is 3. The van der Waals surface area contributed by atoms with Crippen molar-refractivity contribution in [3.8, 4) is 16.9 Å². The molecule has 148 valence electrons. The van der Waals surface area contributed by atoms with E-state index < -0.39 is 0 Å². The summed E-state index contributed by atoms with van der Waals surface area (Å²) >= 11 is 1.66. The van der Waals surface area contributed by atoms with Gasteiger partial charge in [-0.15, -0.1) is 11.8 Å². The molecule has 1 saturated heterocycles. The molecular formula is C24H20N4OS. The average molecular weight is 413 g/mol. The second-order valence-corrected chi connectivity index (χ2v) is 8.19.